The van der Waals surface area contributed by atoms with Crippen LogP contribution in [0.15, 0.2) is 48.5 Å². The molecule has 0 spiro atoms. The molecule has 1 N–H and O–H groups in total. The van der Waals surface area contributed by atoms with Crippen molar-refractivity contribution in [2.24, 2.45) is 0 Å². The summed E-state index contributed by atoms with van der Waals surface area (Å²) in [6.07, 6.45) is 0. The van der Waals surface area contributed by atoms with E-state index in [9.17, 15) is 0 Å². The number of nitrogens with zero attached hydrogens (tertiary/aromatic N) is 1. The van der Waals surface area contributed by atoms with Crippen LogP contribution in [0.2, 0.25) is 0 Å². The first-order valence-corrected chi connectivity index (χ1v) is 6.83. The lowest BCUT2D eigenvalue weighted by molar-refractivity contribution is 0.275. The van der Waals surface area contributed by atoms with Gasteiger partial charge >= 0.3 is 0 Å². The summed E-state index contributed by atoms with van der Waals surface area (Å²) in [4.78, 5) is 2.44. The number of aliphatic hydroxyl groups excluding tert-OH is 1. The summed E-state index contributed by atoms with van der Waals surface area (Å²) < 4.78 is 0. The molecule has 2 nitrogen and oxygen atoms in total. The number of hydrogen-bond acceptors (Lipinski definition) is 2. The largest absolute Gasteiger partial charge is 0.384 e. The van der Waals surface area contributed by atoms with E-state index in [0.717, 1.165) is 25.2 Å². The van der Waals surface area contributed by atoms with Crippen LogP contribution in [0.3, 0.4) is 0 Å². The zero-order chi connectivity index (χ0) is 13.8. The molecule has 0 fully saturated rings. The molecule has 0 radical (unpaired) electrons. The second kappa shape index (κ2) is 5.92. The number of hydrogen-bond donors (Lipinski definition) is 1. The third kappa shape index (κ3) is 2.91. The van der Waals surface area contributed by atoms with Gasteiger partial charge in [0.15, 0.2) is 0 Å². The van der Waals surface area contributed by atoms with Crippen molar-refractivity contribution < 1.29 is 5.11 Å². The third-order valence-electron chi connectivity index (χ3n) is 3.58. The molecule has 0 aliphatic carbocycles. The molecule has 2 aromatic rings. The van der Waals surface area contributed by atoms with Crippen molar-refractivity contribution in [2.75, 3.05) is 6.61 Å². The maximum Gasteiger partial charge on any atom is 0.104 e. The highest BCUT2D eigenvalue weighted by molar-refractivity contribution is 5.36. The van der Waals surface area contributed by atoms with Gasteiger partial charge in [0.1, 0.15) is 6.61 Å². The molecule has 0 amide bonds. The number of rotatable bonds is 2. The van der Waals surface area contributed by atoms with Gasteiger partial charge in [-0.25, -0.2) is 0 Å². The molecular formula is C18H17NO. The van der Waals surface area contributed by atoms with Gasteiger partial charge in [0, 0.05) is 25.2 Å². The monoisotopic (exact) mass is 263 g/mol. The number of fused-ring (bicyclic) bond motifs is 1. The lowest BCUT2D eigenvalue weighted by Crippen LogP contribution is -2.15. The first-order valence-electron chi connectivity index (χ1n) is 6.83. The molecule has 1 aliphatic rings. The van der Waals surface area contributed by atoms with Gasteiger partial charge in [0.25, 0.3) is 0 Å². The fourth-order valence-corrected chi connectivity index (χ4v) is 2.61. The molecule has 2 heteroatoms. The summed E-state index contributed by atoms with van der Waals surface area (Å²) in [6.45, 7) is 2.93. The van der Waals surface area contributed by atoms with Crippen LogP contribution in [-0.2, 0) is 19.6 Å². The minimum absolute atomic E-state index is 0.0895. The topological polar surface area (TPSA) is 23.5 Å². The van der Waals surface area contributed by atoms with Gasteiger partial charge in [0.05, 0.1) is 0 Å². The Kier molecular flexibility index (Phi) is 3.83. The molecule has 3 rings (SSSR count). The molecule has 0 atom stereocenters. The first kappa shape index (κ1) is 12.9. The van der Waals surface area contributed by atoms with Crippen molar-refractivity contribution in [1.29, 1.82) is 0 Å². The summed E-state index contributed by atoms with van der Waals surface area (Å²) in [6, 6.07) is 16.9. The summed E-state index contributed by atoms with van der Waals surface area (Å²) in [5.41, 5.74) is 5.13. The maximum atomic E-state index is 8.68. The zero-order valence-electron chi connectivity index (χ0n) is 11.3. The van der Waals surface area contributed by atoms with E-state index in [2.05, 4.69) is 53.1 Å². The van der Waals surface area contributed by atoms with Crippen LogP contribution < -0.4 is 0 Å². The maximum absolute atomic E-state index is 8.68. The van der Waals surface area contributed by atoms with Crippen molar-refractivity contribution in [2.45, 2.75) is 19.6 Å². The second-order valence-electron chi connectivity index (χ2n) is 5.07. The molecule has 100 valence electrons. The van der Waals surface area contributed by atoms with Crippen LogP contribution in [0, 0.1) is 11.8 Å². The SMILES string of the molecule is OCC#Cc1ccc(CN2Cc3ccccc3C2)cc1. The van der Waals surface area contributed by atoms with Crippen molar-refractivity contribution >= 4 is 0 Å². The van der Waals surface area contributed by atoms with Crippen LogP contribution in [0.5, 0.6) is 0 Å². The Morgan fingerprint density at radius 3 is 2.20 bits per heavy atom. The van der Waals surface area contributed by atoms with Crippen LogP contribution in [0.25, 0.3) is 0 Å². The molecule has 0 unspecified atom stereocenters. The van der Waals surface area contributed by atoms with E-state index in [1.807, 2.05) is 12.1 Å². The van der Waals surface area contributed by atoms with Gasteiger partial charge in [-0.15, -0.1) is 0 Å². The van der Waals surface area contributed by atoms with Gasteiger partial charge in [-0.3, -0.25) is 4.90 Å². The van der Waals surface area contributed by atoms with E-state index in [0.29, 0.717) is 0 Å². The highest BCUT2D eigenvalue weighted by Gasteiger charge is 2.17. The fourth-order valence-electron chi connectivity index (χ4n) is 2.61. The van der Waals surface area contributed by atoms with E-state index < -0.39 is 0 Å². The van der Waals surface area contributed by atoms with Crippen molar-refractivity contribution in [3.63, 3.8) is 0 Å². The summed E-state index contributed by atoms with van der Waals surface area (Å²) >= 11 is 0. The van der Waals surface area contributed by atoms with Gasteiger partial charge in [-0.2, -0.15) is 0 Å². The highest BCUT2D eigenvalue weighted by atomic mass is 16.2. The quantitative estimate of drug-likeness (QED) is 0.842. The standard InChI is InChI=1S/C18H17NO/c20-11-3-4-15-7-9-16(10-8-15)12-19-13-17-5-1-2-6-18(17)14-19/h1-2,5-10,20H,11-14H2. The predicted molar refractivity (Wildman–Crippen MR) is 79.8 cm³/mol. The normalized spacial score (nSPS) is 13.7. The highest BCUT2D eigenvalue weighted by Crippen LogP contribution is 2.23. The minimum atomic E-state index is -0.0895. The van der Waals surface area contributed by atoms with Crippen molar-refractivity contribution in [1.82, 2.24) is 4.90 Å². The molecule has 20 heavy (non-hydrogen) atoms. The Morgan fingerprint density at radius 1 is 0.950 bits per heavy atom. The van der Waals surface area contributed by atoms with Gasteiger partial charge in [-0.05, 0) is 28.8 Å². The van der Waals surface area contributed by atoms with Crippen molar-refractivity contribution in [3.8, 4) is 11.8 Å². The Labute approximate surface area is 119 Å². The fraction of sp³-hybridized carbons (Fsp3) is 0.222. The number of benzene rings is 2. The molecular weight excluding hydrogens is 246 g/mol. The molecule has 0 saturated carbocycles. The average molecular weight is 263 g/mol. The molecule has 2 aromatic carbocycles. The zero-order valence-corrected chi connectivity index (χ0v) is 11.3. The molecule has 0 saturated heterocycles. The Bertz CT molecular complexity index is 624. The molecule has 0 aromatic heterocycles. The van der Waals surface area contributed by atoms with Crippen molar-refractivity contribution in [3.05, 3.63) is 70.8 Å². The van der Waals surface area contributed by atoms with Gasteiger partial charge in [0.2, 0.25) is 0 Å². The lowest BCUT2D eigenvalue weighted by Gasteiger charge is -2.14. The summed E-state index contributed by atoms with van der Waals surface area (Å²) in [5.74, 6) is 5.58. The van der Waals surface area contributed by atoms with Gasteiger partial charge < -0.3 is 5.11 Å². The van der Waals surface area contributed by atoms with E-state index in [-0.39, 0.29) is 6.61 Å². The average Bonchev–Trinajstić information content (AvgIpc) is 2.89. The van der Waals surface area contributed by atoms with E-state index in [1.165, 1.54) is 16.7 Å². The summed E-state index contributed by atoms with van der Waals surface area (Å²) in [5, 5.41) is 8.68. The Balaban J connectivity index is 1.65. The van der Waals surface area contributed by atoms with Crippen LogP contribution in [-0.4, -0.2) is 16.6 Å². The van der Waals surface area contributed by atoms with Crippen LogP contribution in [0.4, 0.5) is 0 Å². The van der Waals surface area contributed by atoms with Gasteiger partial charge in [-0.1, -0.05) is 48.2 Å². The Morgan fingerprint density at radius 2 is 1.60 bits per heavy atom. The lowest BCUT2D eigenvalue weighted by atomic mass is 10.1. The Hall–Kier alpha value is -2.08. The molecule has 1 heterocycles. The third-order valence-corrected chi connectivity index (χ3v) is 3.58. The first-order chi connectivity index (χ1) is 9.85. The van der Waals surface area contributed by atoms with E-state index >= 15 is 0 Å². The smallest absolute Gasteiger partial charge is 0.104 e. The van der Waals surface area contributed by atoms with Crippen LogP contribution >= 0.6 is 0 Å². The molecule has 1 aliphatic heterocycles. The number of aliphatic hydroxyl groups is 1. The predicted octanol–water partition coefficient (Wildman–Crippen LogP) is 2.55. The summed E-state index contributed by atoms with van der Waals surface area (Å²) in [7, 11) is 0. The van der Waals surface area contributed by atoms with E-state index in [4.69, 9.17) is 5.11 Å². The van der Waals surface area contributed by atoms with Crippen LogP contribution in [0.1, 0.15) is 22.3 Å². The van der Waals surface area contributed by atoms with E-state index in [1.54, 1.807) is 0 Å². The second-order valence-corrected chi connectivity index (χ2v) is 5.07. The minimum Gasteiger partial charge on any atom is -0.384 e. The molecule has 0 bridgehead atoms.